The monoisotopic (exact) mass is 467 g/mol. The summed E-state index contributed by atoms with van der Waals surface area (Å²) < 4.78 is 27.3. The Kier molecular flexibility index (Phi) is 5.89. The van der Waals surface area contributed by atoms with Crippen molar-refractivity contribution >= 4 is 56.2 Å². The zero-order valence-electron chi connectivity index (χ0n) is 16.4. The van der Waals surface area contributed by atoms with E-state index in [9.17, 15) is 18.0 Å². The molecule has 0 spiro atoms. The van der Waals surface area contributed by atoms with Crippen LogP contribution in [0.15, 0.2) is 34.5 Å². The Hall–Kier alpha value is -1.94. The van der Waals surface area contributed by atoms with Crippen LogP contribution in [-0.4, -0.2) is 44.2 Å². The Morgan fingerprint density at radius 1 is 1.23 bits per heavy atom. The van der Waals surface area contributed by atoms with Gasteiger partial charge in [-0.25, -0.2) is 8.42 Å². The molecular formula is C20H22ClN3O4S2. The minimum Gasteiger partial charge on any atom is -0.325 e. The molecule has 1 N–H and O–H groups in total. The SMILES string of the molecule is Cc1sc(S(=O)(=O)N2CCCC2)cc1NC(=O)[C@H]1CC(=O)N(c2cccc(Cl)c2)C1. The first-order valence-electron chi connectivity index (χ1n) is 9.73. The number of aryl methyl sites for hydroxylation is 1. The lowest BCUT2D eigenvalue weighted by atomic mass is 10.1. The van der Waals surface area contributed by atoms with Gasteiger partial charge in [0.25, 0.3) is 10.0 Å². The lowest BCUT2D eigenvalue weighted by molar-refractivity contribution is -0.122. The van der Waals surface area contributed by atoms with E-state index in [1.807, 2.05) is 0 Å². The molecule has 0 radical (unpaired) electrons. The molecule has 2 aliphatic heterocycles. The molecule has 30 heavy (non-hydrogen) atoms. The summed E-state index contributed by atoms with van der Waals surface area (Å²) in [6, 6.07) is 8.48. The van der Waals surface area contributed by atoms with Gasteiger partial charge in [-0.3, -0.25) is 9.59 Å². The summed E-state index contributed by atoms with van der Waals surface area (Å²) in [6.07, 6.45) is 1.83. The molecule has 2 amide bonds. The number of amides is 2. The Morgan fingerprint density at radius 2 is 1.97 bits per heavy atom. The average molecular weight is 468 g/mol. The van der Waals surface area contributed by atoms with Crippen LogP contribution in [0, 0.1) is 12.8 Å². The number of halogens is 1. The predicted octanol–water partition coefficient (Wildman–Crippen LogP) is 3.49. The Balaban J connectivity index is 1.47. The van der Waals surface area contributed by atoms with E-state index >= 15 is 0 Å². The van der Waals surface area contributed by atoms with Crippen molar-refractivity contribution in [3.63, 3.8) is 0 Å². The first-order chi connectivity index (χ1) is 14.3. The summed E-state index contributed by atoms with van der Waals surface area (Å²) in [6.45, 7) is 3.10. The number of anilines is 2. The van der Waals surface area contributed by atoms with Gasteiger partial charge < -0.3 is 10.2 Å². The second kappa shape index (κ2) is 8.30. The number of thiophene rings is 1. The quantitative estimate of drug-likeness (QED) is 0.729. The van der Waals surface area contributed by atoms with Crippen molar-refractivity contribution in [3.05, 3.63) is 40.2 Å². The van der Waals surface area contributed by atoms with Crippen LogP contribution in [0.2, 0.25) is 5.02 Å². The van der Waals surface area contributed by atoms with Crippen LogP contribution in [0.5, 0.6) is 0 Å². The molecule has 3 heterocycles. The van der Waals surface area contributed by atoms with E-state index in [1.165, 1.54) is 10.4 Å². The van der Waals surface area contributed by atoms with Crippen LogP contribution in [-0.2, 0) is 19.6 Å². The van der Waals surface area contributed by atoms with Gasteiger partial charge in [0.2, 0.25) is 11.8 Å². The van der Waals surface area contributed by atoms with Crippen molar-refractivity contribution in [2.45, 2.75) is 30.4 Å². The third-order valence-corrected chi connectivity index (χ3v) is 9.06. The van der Waals surface area contributed by atoms with Crippen molar-refractivity contribution in [2.24, 2.45) is 5.92 Å². The first kappa shape index (κ1) is 21.3. The predicted molar refractivity (Wildman–Crippen MR) is 118 cm³/mol. The molecule has 2 aliphatic rings. The van der Waals surface area contributed by atoms with E-state index in [0.29, 0.717) is 29.5 Å². The van der Waals surface area contributed by atoms with Crippen molar-refractivity contribution in [3.8, 4) is 0 Å². The van der Waals surface area contributed by atoms with Crippen LogP contribution in [0.25, 0.3) is 0 Å². The molecule has 2 aromatic rings. The number of benzene rings is 1. The first-order valence-corrected chi connectivity index (χ1v) is 12.4. The molecule has 4 rings (SSSR count). The van der Waals surface area contributed by atoms with E-state index in [4.69, 9.17) is 11.6 Å². The molecule has 0 unspecified atom stereocenters. The summed E-state index contributed by atoms with van der Waals surface area (Å²) in [5, 5.41) is 3.34. The van der Waals surface area contributed by atoms with Gasteiger partial charge in [-0.2, -0.15) is 4.31 Å². The Morgan fingerprint density at radius 3 is 2.67 bits per heavy atom. The van der Waals surface area contributed by atoms with Crippen molar-refractivity contribution in [1.29, 1.82) is 0 Å². The van der Waals surface area contributed by atoms with Crippen molar-refractivity contribution in [2.75, 3.05) is 29.9 Å². The number of hydrogen-bond acceptors (Lipinski definition) is 5. The van der Waals surface area contributed by atoms with Gasteiger partial charge in [-0.15, -0.1) is 11.3 Å². The van der Waals surface area contributed by atoms with Crippen LogP contribution >= 0.6 is 22.9 Å². The molecule has 1 aromatic carbocycles. The zero-order chi connectivity index (χ0) is 21.5. The molecule has 0 saturated carbocycles. The average Bonchev–Trinajstić information content (AvgIpc) is 3.43. The van der Waals surface area contributed by atoms with Crippen LogP contribution in [0.1, 0.15) is 24.1 Å². The summed E-state index contributed by atoms with van der Waals surface area (Å²) in [5.74, 6) is -0.954. The lowest BCUT2D eigenvalue weighted by Crippen LogP contribution is -2.28. The van der Waals surface area contributed by atoms with Crippen molar-refractivity contribution < 1.29 is 18.0 Å². The van der Waals surface area contributed by atoms with Gasteiger partial charge >= 0.3 is 0 Å². The maximum absolute atomic E-state index is 12.8. The molecule has 10 heteroatoms. The lowest BCUT2D eigenvalue weighted by Gasteiger charge is -2.17. The highest BCUT2D eigenvalue weighted by atomic mass is 35.5. The number of carbonyl (C=O) groups excluding carboxylic acids is 2. The molecule has 2 saturated heterocycles. The van der Waals surface area contributed by atoms with Crippen molar-refractivity contribution in [1.82, 2.24) is 4.31 Å². The minimum atomic E-state index is -3.53. The standard InChI is InChI=1S/C20H22ClN3O4S2/c1-13-17(11-19(29-13)30(27,28)23-7-2-3-8-23)22-20(26)14-9-18(25)24(12-14)16-6-4-5-15(21)10-16/h4-6,10-11,14H,2-3,7-9,12H2,1H3,(H,22,26)/t14-/m0/s1. The van der Waals surface area contributed by atoms with E-state index in [-0.39, 0.29) is 29.0 Å². The Bertz CT molecular complexity index is 1090. The minimum absolute atomic E-state index is 0.0977. The van der Waals surface area contributed by atoms with E-state index in [0.717, 1.165) is 29.1 Å². The Labute approximate surface area is 184 Å². The normalized spacial score (nSPS) is 20.1. The van der Waals surface area contributed by atoms with Gasteiger partial charge in [0.1, 0.15) is 4.21 Å². The smallest absolute Gasteiger partial charge is 0.252 e. The third kappa shape index (κ3) is 4.12. The number of nitrogens with one attached hydrogen (secondary N) is 1. The van der Waals surface area contributed by atoms with Gasteiger partial charge in [0, 0.05) is 41.6 Å². The highest BCUT2D eigenvalue weighted by molar-refractivity contribution is 7.91. The summed E-state index contributed by atoms with van der Waals surface area (Å²) >= 11 is 7.17. The fourth-order valence-corrected chi connectivity index (χ4v) is 7.03. The number of sulfonamides is 1. The fourth-order valence-electron chi connectivity index (χ4n) is 3.77. The molecule has 2 fully saturated rings. The molecule has 160 valence electrons. The topological polar surface area (TPSA) is 86.8 Å². The van der Waals surface area contributed by atoms with Crippen LogP contribution in [0.4, 0.5) is 11.4 Å². The second-order valence-corrected chi connectivity index (χ2v) is 11.4. The highest BCUT2D eigenvalue weighted by Gasteiger charge is 2.36. The molecule has 1 aromatic heterocycles. The summed E-state index contributed by atoms with van der Waals surface area (Å²) in [7, 11) is -3.53. The maximum Gasteiger partial charge on any atom is 0.252 e. The molecule has 0 bridgehead atoms. The molecule has 1 atom stereocenters. The van der Waals surface area contributed by atoms with Gasteiger partial charge in [0.05, 0.1) is 11.6 Å². The number of carbonyl (C=O) groups is 2. The van der Waals surface area contributed by atoms with Gasteiger partial charge in [-0.05, 0) is 44.0 Å². The third-order valence-electron chi connectivity index (χ3n) is 5.43. The second-order valence-electron chi connectivity index (χ2n) is 7.52. The molecular weight excluding hydrogens is 446 g/mol. The number of nitrogens with zero attached hydrogens (tertiary/aromatic N) is 2. The maximum atomic E-state index is 12.8. The van der Waals surface area contributed by atoms with E-state index < -0.39 is 15.9 Å². The van der Waals surface area contributed by atoms with Crippen LogP contribution in [0.3, 0.4) is 0 Å². The van der Waals surface area contributed by atoms with Gasteiger partial charge in [-0.1, -0.05) is 17.7 Å². The summed E-state index contributed by atoms with van der Waals surface area (Å²) in [4.78, 5) is 27.5. The summed E-state index contributed by atoms with van der Waals surface area (Å²) in [5.41, 5.74) is 1.14. The number of hydrogen-bond donors (Lipinski definition) is 1. The zero-order valence-corrected chi connectivity index (χ0v) is 18.8. The van der Waals surface area contributed by atoms with E-state index in [2.05, 4.69) is 5.32 Å². The fraction of sp³-hybridized carbons (Fsp3) is 0.400. The molecule has 0 aliphatic carbocycles. The van der Waals surface area contributed by atoms with Gasteiger partial charge in [0.15, 0.2) is 0 Å². The molecule has 7 nitrogen and oxygen atoms in total. The highest BCUT2D eigenvalue weighted by Crippen LogP contribution is 2.34. The number of rotatable bonds is 5. The van der Waals surface area contributed by atoms with Crippen LogP contribution < -0.4 is 10.2 Å². The largest absolute Gasteiger partial charge is 0.325 e. The van der Waals surface area contributed by atoms with E-state index in [1.54, 1.807) is 36.1 Å².